The third-order valence-corrected chi connectivity index (χ3v) is 3.19. The lowest BCUT2D eigenvalue weighted by molar-refractivity contribution is -0.138. The highest BCUT2D eigenvalue weighted by Crippen LogP contribution is 2.32. The van der Waals surface area contributed by atoms with Crippen LogP contribution in [0.25, 0.3) is 0 Å². The van der Waals surface area contributed by atoms with Gasteiger partial charge in [-0.3, -0.25) is 9.59 Å². The topological polar surface area (TPSA) is 75.6 Å². The minimum Gasteiger partial charge on any atom is -0.493 e. The number of amides is 1. The van der Waals surface area contributed by atoms with Gasteiger partial charge in [-0.2, -0.15) is 0 Å². The van der Waals surface area contributed by atoms with Gasteiger partial charge in [-0.05, 0) is 18.1 Å². The molecule has 0 saturated carbocycles. The summed E-state index contributed by atoms with van der Waals surface area (Å²) in [5, 5.41) is 11.3. The number of para-hydroxylation sites is 1. The highest BCUT2D eigenvalue weighted by atomic mass is 16.5. The molecule has 0 radical (unpaired) electrons. The average Bonchev–Trinajstić information content (AvgIpc) is 2.42. The van der Waals surface area contributed by atoms with Crippen molar-refractivity contribution in [1.82, 2.24) is 5.32 Å². The van der Waals surface area contributed by atoms with Crippen molar-refractivity contribution in [2.45, 2.75) is 25.2 Å². The molecule has 1 aliphatic rings. The summed E-state index contributed by atoms with van der Waals surface area (Å²) in [7, 11) is 0. The van der Waals surface area contributed by atoms with E-state index in [0.717, 1.165) is 17.7 Å². The minimum atomic E-state index is -0.952. The van der Waals surface area contributed by atoms with Gasteiger partial charge in [0.15, 0.2) is 0 Å². The first-order valence-corrected chi connectivity index (χ1v) is 6.37. The zero-order valence-electron chi connectivity index (χ0n) is 10.6. The van der Waals surface area contributed by atoms with Crippen molar-refractivity contribution in [1.29, 1.82) is 0 Å². The number of fused-ring (bicyclic) bond motifs is 1. The van der Waals surface area contributed by atoms with Crippen LogP contribution in [0.3, 0.4) is 0 Å². The minimum absolute atomic E-state index is 0.0280. The summed E-state index contributed by atoms with van der Waals surface area (Å²) in [6.45, 7) is 1.17. The van der Waals surface area contributed by atoms with E-state index >= 15 is 0 Å². The number of carboxylic acid groups (broad SMARTS) is 1. The highest BCUT2D eigenvalue weighted by molar-refractivity contribution is 5.80. The maximum atomic E-state index is 11.5. The number of hydrogen-bond donors (Lipinski definition) is 2. The molecule has 0 spiro atoms. The molecule has 1 unspecified atom stereocenters. The summed E-state index contributed by atoms with van der Waals surface area (Å²) in [6, 6.07) is 7.80. The Hall–Kier alpha value is -2.04. The lowest BCUT2D eigenvalue weighted by Gasteiger charge is -2.25. The lowest BCUT2D eigenvalue weighted by atomic mass is 9.93. The van der Waals surface area contributed by atoms with Gasteiger partial charge in [-0.25, -0.2) is 0 Å². The van der Waals surface area contributed by atoms with Crippen LogP contribution in [0.1, 0.15) is 30.7 Å². The van der Waals surface area contributed by atoms with Gasteiger partial charge in [-0.15, -0.1) is 0 Å². The van der Waals surface area contributed by atoms with Crippen LogP contribution < -0.4 is 10.1 Å². The molecule has 1 heterocycles. The largest absolute Gasteiger partial charge is 0.493 e. The van der Waals surface area contributed by atoms with E-state index in [2.05, 4.69) is 5.32 Å². The molecule has 1 aromatic carbocycles. The molecular formula is C14H17NO4. The summed E-state index contributed by atoms with van der Waals surface area (Å²) >= 11 is 0. The van der Waals surface area contributed by atoms with Crippen LogP contribution in [0.5, 0.6) is 5.75 Å². The molecule has 5 nitrogen and oxygen atoms in total. The van der Waals surface area contributed by atoms with E-state index in [4.69, 9.17) is 9.84 Å². The Balaban J connectivity index is 1.87. The van der Waals surface area contributed by atoms with E-state index in [1.54, 1.807) is 0 Å². The van der Waals surface area contributed by atoms with Gasteiger partial charge in [0, 0.05) is 18.9 Å². The van der Waals surface area contributed by atoms with Crippen LogP contribution in [0.15, 0.2) is 24.3 Å². The Bertz CT molecular complexity index is 472. The average molecular weight is 263 g/mol. The molecule has 102 valence electrons. The van der Waals surface area contributed by atoms with Crippen molar-refractivity contribution in [3.63, 3.8) is 0 Å². The molecule has 19 heavy (non-hydrogen) atoms. The number of benzene rings is 1. The van der Waals surface area contributed by atoms with Crippen molar-refractivity contribution < 1.29 is 19.4 Å². The van der Waals surface area contributed by atoms with E-state index in [1.165, 1.54) is 0 Å². The van der Waals surface area contributed by atoms with Gasteiger partial charge in [0.2, 0.25) is 5.91 Å². The first kappa shape index (κ1) is 13.4. The van der Waals surface area contributed by atoms with Crippen molar-refractivity contribution in [2.75, 3.05) is 13.2 Å². The number of nitrogens with one attached hydrogen (secondary N) is 1. The molecular weight excluding hydrogens is 246 g/mol. The predicted molar refractivity (Wildman–Crippen MR) is 69.2 cm³/mol. The lowest BCUT2D eigenvalue weighted by Crippen LogP contribution is -2.30. The molecule has 1 aromatic rings. The van der Waals surface area contributed by atoms with Gasteiger partial charge in [0.1, 0.15) is 5.75 Å². The van der Waals surface area contributed by atoms with Crippen LogP contribution in [0, 0.1) is 0 Å². The summed E-state index contributed by atoms with van der Waals surface area (Å²) < 4.78 is 5.55. The van der Waals surface area contributed by atoms with Gasteiger partial charge in [0.25, 0.3) is 0 Å². The number of carbonyl (C=O) groups excluding carboxylic acids is 1. The van der Waals surface area contributed by atoms with E-state index in [9.17, 15) is 9.59 Å². The first-order valence-electron chi connectivity index (χ1n) is 6.37. The molecule has 0 fully saturated rings. The molecule has 0 aromatic heterocycles. The Morgan fingerprint density at radius 3 is 2.89 bits per heavy atom. The normalized spacial score (nSPS) is 17.2. The Labute approximate surface area is 111 Å². The van der Waals surface area contributed by atoms with Crippen molar-refractivity contribution >= 4 is 11.9 Å². The van der Waals surface area contributed by atoms with Crippen molar-refractivity contribution in [3.8, 4) is 5.75 Å². The molecule has 1 amide bonds. The van der Waals surface area contributed by atoms with E-state index < -0.39 is 5.97 Å². The molecule has 2 N–H and O–H groups in total. The zero-order chi connectivity index (χ0) is 13.7. The summed E-state index contributed by atoms with van der Waals surface area (Å²) in [5.74, 6) is -0.0600. The summed E-state index contributed by atoms with van der Waals surface area (Å²) in [5.41, 5.74) is 1.10. The van der Waals surface area contributed by atoms with Gasteiger partial charge >= 0.3 is 5.97 Å². The van der Waals surface area contributed by atoms with Crippen LogP contribution in [0.2, 0.25) is 0 Å². The fourth-order valence-electron chi connectivity index (χ4n) is 2.17. The third-order valence-electron chi connectivity index (χ3n) is 3.19. The molecule has 1 atom stereocenters. The third kappa shape index (κ3) is 3.71. The molecule has 0 saturated heterocycles. The molecule has 0 aliphatic carbocycles. The Morgan fingerprint density at radius 2 is 2.11 bits per heavy atom. The monoisotopic (exact) mass is 263 g/mol. The number of hydrogen-bond acceptors (Lipinski definition) is 3. The molecule has 0 bridgehead atoms. The smallest absolute Gasteiger partial charge is 0.303 e. The van der Waals surface area contributed by atoms with Gasteiger partial charge in [-0.1, -0.05) is 18.2 Å². The van der Waals surface area contributed by atoms with Crippen LogP contribution >= 0.6 is 0 Å². The Morgan fingerprint density at radius 1 is 1.32 bits per heavy atom. The van der Waals surface area contributed by atoms with Gasteiger partial charge in [0.05, 0.1) is 13.0 Å². The number of aliphatic carboxylic acids is 1. The maximum Gasteiger partial charge on any atom is 0.303 e. The van der Waals surface area contributed by atoms with Crippen molar-refractivity contribution in [2.24, 2.45) is 0 Å². The zero-order valence-corrected chi connectivity index (χ0v) is 10.6. The van der Waals surface area contributed by atoms with E-state index in [-0.39, 0.29) is 24.7 Å². The van der Waals surface area contributed by atoms with E-state index in [0.29, 0.717) is 13.2 Å². The standard InChI is InChI=1S/C14H17NO4/c16-13(5-6-14(17)18)15-9-10-7-8-19-12-4-2-1-3-11(10)12/h1-4,10H,5-9H2,(H,15,16)(H,17,18). The molecule has 1 aliphatic heterocycles. The number of carbonyl (C=O) groups is 2. The quantitative estimate of drug-likeness (QED) is 0.844. The SMILES string of the molecule is O=C(O)CCC(=O)NCC1CCOc2ccccc21. The fourth-order valence-corrected chi connectivity index (χ4v) is 2.17. The van der Waals surface area contributed by atoms with Gasteiger partial charge < -0.3 is 15.2 Å². The van der Waals surface area contributed by atoms with Crippen LogP contribution in [0.4, 0.5) is 0 Å². The second-order valence-electron chi connectivity index (χ2n) is 4.57. The maximum absolute atomic E-state index is 11.5. The number of rotatable bonds is 5. The number of carboxylic acids is 1. The second kappa shape index (κ2) is 6.22. The number of ether oxygens (including phenoxy) is 1. The van der Waals surface area contributed by atoms with Crippen LogP contribution in [-0.4, -0.2) is 30.1 Å². The Kier molecular flexibility index (Phi) is 4.39. The van der Waals surface area contributed by atoms with Crippen LogP contribution in [-0.2, 0) is 9.59 Å². The summed E-state index contributed by atoms with van der Waals surface area (Å²) in [4.78, 5) is 21.9. The molecule has 5 heteroatoms. The fraction of sp³-hybridized carbons (Fsp3) is 0.429. The molecule has 2 rings (SSSR count). The van der Waals surface area contributed by atoms with E-state index in [1.807, 2.05) is 24.3 Å². The van der Waals surface area contributed by atoms with Crippen molar-refractivity contribution in [3.05, 3.63) is 29.8 Å². The summed E-state index contributed by atoms with van der Waals surface area (Å²) in [6.07, 6.45) is 0.757. The first-order chi connectivity index (χ1) is 9.16. The highest BCUT2D eigenvalue weighted by Gasteiger charge is 2.21. The second-order valence-corrected chi connectivity index (χ2v) is 4.57. The predicted octanol–water partition coefficient (Wildman–Crippen LogP) is 1.53.